The SMILES string of the molecule is CCOC(=O)C1=C(C)N=c2s/c(=C\c3ccc(OC)cc3)c(=O)n2[C@H]1c1ccc(-c2ccc(Cl)c(Cl)c2)o1. The molecule has 1 aliphatic rings. The molecule has 0 N–H and O–H groups in total. The smallest absolute Gasteiger partial charge is 0.338 e. The van der Waals surface area contributed by atoms with E-state index in [4.69, 9.17) is 37.1 Å². The number of hydrogen-bond acceptors (Lipinski definition) is 7. The Hall–Kier alpha value is -3.59. The number of fused-ring (bicyclic) bond motifs is 1. The van der Waals surface area contributed by atoms with E-state index in [1.54, 1.807) is 57.4 Å². The van der Waals surface area contributed by atoms with Gasteiger partial charge in [0.05, 0.1) is 39.6 Å². The highest BCUT2D eigenvalue weighted by Gasteiger charge is 2.35. The molecule has 10 heteroatoms. The third kappa shape index (κ3) is 4.82. The van der Waals surface area contributed by atoms with Crippen molar-refractivity contribution in [3.63, 3.8) is 0 Å². The third-order valence-electron chi connectivity index (χ3n) is 6.03. The highest BCUT2D eigenvalue weighted by molar-refractivity contribution is 7.07. The van der Waals surface area contributed by atoms with Gasteiger partial charge in [0.2, 0.25) is 0 Å². The molecule has 0 saturated carbocycles. The highest BCUT2D eigenvalue weighted by atomic mass is 35.5. The van der Waals surface area contributed by atoms with E-state index in [2.05, 4.69) is 4.99 Å². The zero-order valence-electron chi connectivity index (χ0n) is 20.7. The monoisotopic (exact) mass is 568 g/mol. The molecule has 2 aromatic carbocycles. The average Bonchev–Trinajstić information content (AvgIpc) is 3.50. The zero-order chi connectivity index (χ0) is 27.0. The van der Waals surface area contributed by atoms with Gasteiger partial charge in [0.15, 0.2) is 4.80 Å². The van der Waals surface area contributed by atoms with E-state index in [9.17, 15) is 9.59 Å². The first kappa shape index (κ1) is 26.0. The van der Waals surface area contributed by atoms with Crippen LogP contribution in [0.4, 0.5) is 0 Å². The number of halogens is 2. The van der Waals surface area contributed by atoms with Crippen LogP contribution in [0.3, 0.4) is 0 Å². The lowest BCUT2D eigenvalue weighted by Gasteiger charge is -2.22. The summed E-state index contributed by atoms with van der Waals surface area (Å²) in [5.74, 6) is 1.06. The van der Waals surface area contributed by atoms with Crippen molar-refractivity contribution in [1.29, 1.82) is 0 Å². The Morgan fingerprint density at radius 3 is 2.58 bits per heavy atom. The molecule has 0 radical (unpaired) electrons. The number of nitrogens with zero attached hydrogens (tertiary/aromatic N) is 2. The van der Waals surface area contributed by atoms with Crippen LogP contribution in [0.2, 0.25) is 10.0 Å². The number of carbonyl (C=O) groups is 1. The topological polar surface area (TPSA) is 83.0 Å². The number of aromatic nitrogens is 1. The van der Waals surface area contributed by atoms with Crippen molar-refractivity contribution in [3.05, 3.63) is 107 Å². The molecule has 194 valence electrons. The summed E-state index contributed by atoms with van der Waals surface area (Å²) in [7, 11) is 1.60. The second-order valence-electron chi connectivity index (χ2n) is 8.41. The molecule has 0 spiro atoms. The fourth-order valence-corrected chi connectivity index (χ4v) is 5.56. The lowest BCUT2D eigenvalue weighted by Crippen LogP contribution is -2.39. The second-order valence-corrected chi connectivity index (χ2v) is 10.2. The minimum absolute atomic E-state index is 0.177. The molecule has 1 aliphatic heterocycles. The number of thiazole rings is 1. The number of benzene rings is 2. The molecule has 0 unspecified atom stereocenters. The average molecular weight is 569 g/mol. The summed E-state index contributed by atoms with van der Waals surface area (Å²) in [6.45, 7) is 3.63. The van der Waals surface area contributed by atoms with Crippen LogP contribution in [-0.2, 0) is 9.53 Å². The Bertz CT molecular complexity index is 1750. The predicted molar refractivity (Wildman–Crippen MR) is 148 cm³/mol. The maximum absolute atomic E-state index is 13.7. The van der Waals surface area contributed by atoms with Gasteiger partial charge in [-0.3, -0.25) is 9.36 Å². The van der Waals surface area contributed by atoms with E-state index in [-0.39, 0.29) is 17.7 Å². The highest BCUT2D eigenvalue weighted by Crippen LogP contribution is 2.35. The van der Waals surface area contributed by atoms with Gasteiger partial charge in [0.25, 0.3) is 5.56 Å². The van der Waals surface area contributed by atoms with Crippen LogP contribution in [0, 0.1) is 0 Å². The molecule has 5 rings (SSSR count). The number of hydrogen-bond donors (Lipinski definition) is 0. The minimum Gasteiger partial charge on any atom is -0.497 e. The Morgan fingerprint density at radius 1 is 1.13 bits per heavy atom. The largest absolute Gasteiger partial charge is 0.497 e. The number of carbonyl (C=O) groups excluding carboxylic acids is 1. The van der Waals surface area contributed by atoms with E-state index in [1.165, 1.54) is 15.9 Å². The van der Waals surface area contributed by atoms with E-state index in [1.807, 2.05) is 24.3 Å². The molecular weight excluding hydrogens is 547 g/mol. The number of methoxy groups -OCH3 is 1. The van der Waals surface area contributed by atoms with Crippen molar-refractivity contribution in [2.75, 3.05) is 13.7 Å². The number of ether oxygens (including phenoxy) is 2. The molecule has 2 aromatic heterocycles. The first-order valence-electron chi connectivity index (χ1n) is 11.7. The zero-order valence-corrected chi connectivity index (χ0v) is 23.0. The number of furan rings is 1. The Morgan fingerprint density at radius 2 is 1.89 bits per heavy atom. The standard InChI is InChI=1S/C28H22Cl2N2O5S/c1-4-36-27(34)24-15(2)31-28-32(26(33)23(38-28)13-16-5-8-18(35-3)9-6-16)25(24)22-12-11-21(37-22)17-7-10-19(29)20(30)14-17/h5-14,25H,4H2,1-3H3/b23-13-/t25-/m0/s1. The van der Waals surface area contributed by atoms with Crippen LogP contribution in [0.1, 0.15) is 31.2 Å². The molecule has 1 atom stereocenters. The predicted octanol–water partition coefficient (Wildman–Crippen LogP) is 5.37. The van der Waals surface area contributed by atoms with E-state index < -0.39 is 12.0 Å². The van der Waals surface area contributed by atoms with Crippen molar-refractivity contribution < 1.29 is 18.7 Å². The molecule has 3 heterocycles. The third-order valence-corrected chi connectivity index (χ3v) is 7.75. The first-order chi connectivity index (χ1) is 18.3. The summed E-state index contributed by atoms with van der Waals surface area (Å²) in [6.07, 6.45) is 1.78. The van der Waals surface area contributed by atoms with Gasteiger partial charge in [-0.2, -0.15) is 0 Å². The lowest BCUT2D eigenvalue weighted by atomic mass is 10.0. The fraction of sp³-hybridized carbons (Fsp3) is 0.179. The Labute approximate surface area is 231 Å². The summed E-state index contributed by atoms with van der Waals surface area (Å²) in [6, 6.07) is 15.2. The molecule has 7 nitrogen and oxygen atoms in total. The van der Waals surface area contributed by atoms with Gasteiger partial charge in [-0.25, -0.2) is 9.79 Å². The second kappa shape index (κ2) is 10.6. The molecule has 0 saturated heterocycles. The number of esters is 1. The summed E-state index contributed by atoms with van der Waals surface area (Å²) in [5, 5.41) is 0.811. The molecule has 0 bridgehead atoms. The number of rotatable bonds is 6. The molecular formula is C28H22Cl2N2O5S. The number of allylic oxidation sites excluding steroid dienone is 1. The van der Waals surface area contributed by atoms with Crippen LogP contribution < -0.4 is 19.6 Å². The molecule has 38 heavy (non-hydrogen) atoms. The van der Waals surface area contributed by atoms with Crippen molar-refractivity contribution in [2.45, 2.75) is 19.9 Å². The van der Waals surface area contributed by atoms with Gasteiger partial charge >= 0.3 is 5.97 Å². The van der Waals surface area contributed by atoms with Gasteiger partial charge < -0.3 is 13.9 Å². The van der Waals surface area contributed by atoms with E-state index >= 15 is 0 Å². The van der Waals surface area contributed by atoms with E-state index in [0.29, 0.717) is 47.9 Å². The fourth-order valence-electron chi connectivity index (χ4n) is 4.22. The van der Waals surface area contributed by atoms with Gasteiger partial charge in [0, 0.05) is 5.56 Å². The van der Waals surface area contributed by atoms with Crippen LogP contribution in [0.25, 0.3) is 17.4 Å². The van der Waals surface area contributed by atoms with Crippen LogP contribution in [0.15, 0.2) is 80.1 Å². The lowest BCUT2D eigenvalue weighted by molar-refractivity contribution is -0.139. The quantitative estimate of drug-likeness (QED) is 0.292. The van der Waals surface area contributed by atoms with Crippen LogP contribution in [0.5, 0.6) is 5.75 Å². The maximum atomic E-state index is 13.7. The van der Waals surface area contributed by atoms with Crippen molar-refractivity contribution in [2.24, 2.45) is 4.99 Å². The maximum Gasteiger partial charge on any atom is 0.338 e. The molecule has 0 fully saturated rings. The Balaban J connectivity index is 1.66. The van der Waals surface area contributed by atoms with E-state index in [0.717, 1.165) is 5.56 Å². The Kier molecular flexibility index (Phi) is 7.29. The normalized spacial score (nSPS) is 15.3. The van der Waals surface area contributed by atoms with Crippen molar-refractivity contribution in [3.8, 4) is 17.1 Å². The summed E-state index contributed by atoms with van der Waals surface area (Å²) in [5.41, 5.74) is 1.93. The van der Waals surface area contributed by atoms with Crippen LogP contribution >= 0.6 is 34.5 Å². The molecule has 4 aromatic rings. The van der Waals surface area contributed by atoms with Crippen molar-refractivity contribution >= 4 is 46.6 Å². The van der Waals surface area contributed by atoms with Gasteiger partial charge in [0.1, 0.15) is 23.3 Å². The summed E-state index contributed by atoms with van der Waals surface area (Å²) >= 11 is 13.5. The van der Waals surface area contributed by atoms with Gasteiger partial charge in [-0.1, -0.05) is 46.7 Å². The summed E-state index contributed by atoms with van der Waals surface area (Å²) < 4.78 is 18.7. The van der Waals surface area contributed by atoms with Gasteiger partial charge in [-0.05, 0) is 68.0 Å². The van der Waals surface area contributed by atoms with Crippen molar-refractivity contribution in [1.82, 2.24) is 4.57 Å². The minimum atomic E-state index is -0.861. The molecule has 0 aliphatic carbocycles. The summed E-state index contributed by atoms with van der Waals surface area (Å²) in [4.78, 5) is 31.9. The first-order valence-corrected chi connectivity index (χ1v) is 13.3. The van der Waals surface area contributed by atoms with Crippen LogP contribution in [-0.4, -0.2) is 24.3 Å². The van der Waals surface area contributed by atoms with Gasteiger partial charge in [-0.15, -0.1) is 0 Å². The molecule has 0 amide bonds.